The molecule has 2 atom stereocenters. The Balaban J connectivity index is 0.00000208. The molecule has 1 aliphatic heterocycles. The number of halogens is 3. The molecule has 0 spiro atoms. The lowest BCUT2D eigenvalue weighted by atomic mass is 9.97. The summed E-state index contributed by atoms with van der Waals surface area (Å²) in [4.78, 5) is 2.56. The Morgan fingerprint density at radius 2 is 1.88 bits per heavy atom. The second-order valence-electron chi connectivity index (χ2n) is 6.69. The van der Waals surface area contributed by atoms with Crippen molar-refractivity contribution in [2.24, 2.45) is 5.92 Å². The predicted molar refractivity (Wildman–Crippen MR) is 109 cm³/mol. The number of likely N-dealkylation sites (tertiary alicyclic amines) is 1. The molecule has 138 valence electrons. The lowest BCUT2D eigenvalue weighted by molar-refractivity contribution is 0.139. The topological polar surface area (TPSA) is 49.4 Å². The minimum atomic E-state index is -3.42. The van der Waals surface area contributed by atoms with Gasteiger partial charge in [-0.1, -0.05) is 6.92 Å². The first-order chi connectivity index (χ1) is 10.8. The average Bonchev–Trinajstić information content (AvgIpc) is 3.07. The summed E-state index contributed by atoms with van der Waals surface area (Å²) in [6.07, 6.45) is 5.50. The van der Waals surface area contributed by atoms with Crippen LogP contribution in [0.15, 0.2) is 18.5 Å². The van der Waals surface area contributed by atoms with Crippen LogP contribution in [-0.4, -0.2) is 38.5 Å². The minimum absolute atomic E-state index is 0. The summed E-state index contributed by atoms with van der Waals surface area (Å²) < 4.78 is 29.9. The van der Waals surface area contributed by atoms with E-state index in [1.807, 2.05) is 0 Å². The van der Waals surface area contributed by atoms with Crippen molar-refractivity contribution >= 4 is 65.6 Å². The Labute approximate surface area is 171 Å². The number of thiophene rings is 1. The van der Waals surface area contributed by atoms with Crippen molar-refractivity contribution < 1.29 is 8.42 Å². The van der Waals surface area contributed by atoms with Crippen LogP contribution in [0.5, 0.6) is 0 Å². The Bertz CT molecular complexity index is 641. The maximum atomic E-state index is 12.5. The fourth-order valence-corrected chi connectivity index (χ4v) is 7.65. The SMILES string of the molecule is CC1CCN([C@H]2CC[C@@H](NS(=O)(=O)c3cc(Br)c(Br)s3)C2)CC1.Cl. The summed E-state index contributed by atoms with van der Waals surface area (Å²) in [6.45, 7) is 4.65. The quantitative estimate of drug-likeness (QED) is 0.628. The monoisotopic (exact) mass is 520 g/mol. The zero-order valence-electron chi connectivity index (χ0n) is 13.5. The first-order valence-corrected chi connectivity index (χ1v) is 11.9. The van der Waals surface area contributed by atoms with E-state index in [1.165, 1.54) is 24.2 Å². The van der Waals surface area contributed by atoms with Gasteiger partial charge in [-0.15, -0.1) is 23.7 Å². The molecule has 3 rings (SSSR count). The number of nitrogens with zero attached hydrogens (tertiary/aromatic N) is 1. The smallest absolute Gasteiger partial charge is 0.250 e. The van der Waals surface area contributed by atoms with Crippen molar-refractivity contribution in [2.45, 2.75) is 55.3 Å². The Morgan fingerprint density at radius 1 is 1.21 bits per heavy atom. The fourth-order valence-electron chi connectivity index (χ4n) is 3.53. The number of hydrogen-bond donors (Lipinski definition) is 1. The van der Waals surface area contributed by atoms with Gasteiger partial charge < -0.3 is 4.90 Å². The molecular weight excluding hydrogens is 500 g/mol. The summed E-state index contributed by atoms with van der Waals surface area (Å²) in [7, 11) is -3.42. The van der Waals surface area contributed by atoms with Crippen LogP contribution in [0.1, 0.15) is 39.0 Å². The molecule has 2 heterocycles. The van der Waals surface area contributed by atoms with Crippen LogP contribution in [0, 0.1) is 5.92 Å². The number of hydrogen-bond acceptors (Lipinski definition) is 4. The molecule has 1 aliphatic carbocycles. The van der Waals surface area contributed by atoms with Crippen LogP contribution in [0.4, 0.5) is 0 Å². The van der Waals surface area contributed by atoms with Gasteiger partial charge in [-0.3, -0.25) is 0 Å². The normalized spacial score (nSPS) is 26.5. The van der Waals surface area contributed by atoms with E-state index in [0.717, 1.165) is 46.5 Å². The third-order valence-electron chi connectivity index (χ3n) is 4.95. The van der Waals surface area contributed by atoms with Gasteiger partial charge >= 0.3 is 0 Å². The lowest BCUT2D eigenvalue weighted by Crippen LogP contribution is -2.41. The van der Waals surface area contributed by atoms with Crippen molar-refractivity contribution in [3.63, 3.8) is 0 Å². The molecule has 24 heavy (non-hydrogen) atoms. The van der Waals surface area contributed by atoms with Crippen LogP contribution in [-0.2, 0) is 10.0 Å². The van der Waals surface area contributed by atoms with E-state index in [4.69, 9.17) is 0 Å². The highest BCUT2D eigenvalue weighted by Gasteiger charge is 2.33. The highest BCUT2D eigenvalue weighted by atomic mass is 79.9. The van der Waals surface area contributed by atoms with Gasteiger partial charge in [0.1, 0.15) is 4.21 Å². The largest absolute Gasteiger partial charge is 0.300 e. The zero-order valence-corrected chi connectivity index (χ0v) is 19.1. The van der Waals surface area contributed by atoms with Crippen molar-refractivity contribution in [3.05, 3.63) is 14.3 Å². The second kappa shape index (κ2) is 8.67. The first kappa shape index (κ1) is 21.1. The van der Waals surface area contributed by atoms with Gasteiger partial charge in [0.2, 0.25) is 10.0 Å². The van der Waals surface area contributed by atoms with E-state index in [2.05, 4.69) is 48.4 Å². The second-order valence-corrected chi connectivity index (χ2v) is 11.9. The molecule has 1 aromatic heterocycles. The Kier molecular flexibility index (Phi) is 7.63. The molecule has 2 fully saturated rings. The Morgan fingerprint density at radius 3 is 2.46 bits per heavy atom. The molecule has 0 unspecified atom stereocenters. The highest BCUT2D eigenvalue weighted by Crippen LogP contribution is 2.35. The molecule has 1 saturated heterocycles. The number of rotatable bonds is 4. The van der Waals surface area contributed by atoms with Crippen LogP contribution < -0.4 is 4.72 Å². The molecule has 1 saturated carbocycles. The molecule has 2 aliphatic rings. The summed E-state index contributed by atoms with van der Waals surface area (Å²) in [6, 6.07) is 2.26. The van der Waals surface area contributed by atoms with E-state index >= 15 is 0 Å². The van der Waals surface area contributed by atoms with Gasteiger partial charge in [0.15, 0.2) is 0 Å². The maximum Gasteiger partial charge on any atom is 0.250 e. The molecule has 9 heteroatoms. The maximum absolute atomic E-state index is 12.5. The molecule has 0 bridgehead atoms. The van der Waals surface area contributed by atoms with E-state index in [0.29, 0.717) is 10.3 Å². The number of sulfonamides is 1. The van der Waals surface area contributed by atoms with E-state index in [-0.39, 0.29) is 18.4 Å². The van der Waals surface area contributed by atoms with Crippen molar-refractivity contribution in [3.8, 4) is 0 Å². The van der Waals surface area contributed by atoms with Crippen LogP contribution >= 0.6 is 55.6 Å². The molecule has 0 radical (unpaired) electrons. The molecule has 0 amide bonds. The highest BCUT2D eigenvalue weighted by molar-refractivity contribution is 9.13. The molecular formula is C15H23Br2ClN2O2S2. The van der Waals surface area contributed by atoms with Crippen LogP contribution in [0.25, 0.3) is 0 Å². The zero-order chi connectivity index (χ0) is 16.6. The first-order valence-electron chi connectivity index (χ1n) is 8.06. The van der Waals surface area contributed by atoms with E-state index < -0.39 is 10.0 Å². The predicted octanol–water partition coefficient (Wildman–Crippen LogP) is 4.63. The molecule has 1 aromatic rings. The lowest BCUT2D eigenvalue weighted by Gasteiger charge is -2.35. The van der Waals surface area contributed by atoms with Crippen LogP contribution in [0.2, 0.25) is 0 Å². The third kappa shape index (κ3) is 4.96. The molecule has 4 nitrogen and oxygen atoms in total. The third-order valence-corrected chi connectivity index (χ3v) is 10.2. The van der Waals surface area contributed by atoms with Gasteiger partial charge in [0.05, 0.1) is 3.79 Å². The van der Waals surface area contributed by atoms with Crippen LogP contribution in [0.3, 0.4) is 0 Å². The van der Waals surface area contributed by atoms with Crippen molar-refractivity contribution in [2.75, 3.05) is 13.1 Å². The number of nitrogens with one attached hydrogen (secondary N) is 1. The number of piperidine rings is 1. The van der Waals surface area contributed by atoms with Gasteiger partial charge in [0.25, 0.3) is 0 Å². The van der Waals surface area contributed by atoms with Crippen molar-refractivity contribution in [1.82, 2.24) is 9.62 Å². The standard InChI is InChI=1S/C15H22Br2N2O2S2.ClH/c1-10-4-6-19(7-5-10)12-3-2-11(8-12)18-23(20,21)14-9-13(16)15(17)22-14;/h9-12,18H,2-8H2,1H3;1H/t11-,12+;/m1./s1. The molecule has 0 aromatic carbocycles. The van der Waals surface area contributed by atoms with Gasteiger partial charge in [-0.2, -0.15) is 0 Å². The Hall–Kier alpha value is 0.820. The minimum Gasteiger partial charge on any atom is -0.300 e. The van der Waals surface area contributed by atoms with E-state index in [9.17, 15) is 8.42 Å². The summed E-state index contributed by atoms with van der Waals surface area (Å²) in [5, 5.41) is 0. The summed E-state index contributed by atoms with van der Waals surface area (Å²) in [5.41, 5.74) is 0. The average molecular weight is 523 g/mol. The van der Waals surface area contributed by atoms with E-state index in [1.54, 1.807) is 6.07 Å². The van der Waals surface area contributed by atoms with Crippen molar-refractivity contribution in [1.29, 1.82) is 0 Å². The molecule has 1 N–H and O–H groups in total. The fraction of sp³-hybridized carbons (Fsp3) is 0.733. The van der Waals surface area contributed by atoms with Gasteiger partial charge in [-0.25, -0.2) is 13.1 Å². The summed E-state index contributed by atoms with van der Waals surface area (Å²) in [5.74, 6) is 0.831. The van der Waals surface area contributed by atoms with Gasteiger partial charge in [0, 0.05) is 16.6 Å². The summed E-state index contributed by atoms with van der Waals surface area (Å²) >= 11 is 7.96. The van der Waals surface area contributed by atoms with Gasteiger partial charge in [-0.05, 0) is 89.0 Å².